The molecule has 36 heavy (non-hydrogen) atoms. The van der Waals surface area contributed by atoms with Crippen molar-refractivity contribution in [1.82, 2.24) is 4.57 Å². The summed E-state index contributed by atoms with van der Waals surface area (Å²) in [6.45, 7) is 7.58. The van der Waals surface area contributed by atoms with Gasteiger partial charge in [-0.05, 0) is 43.2 Å². The van der Waals surface area contributed by atoms with Gasteiger partial charge < -0.3 is 9.47 Å². The maximum atomic E-state index is 13.6. The molecule has 3 aromatic rings. The fourth-order valence-corrected chi connectivity index (χ4v) is 4.93. The first-order valence-corrected chi connectivity index (χ1v) is 11.9. The summed E-state index contributed by atoms with van der Waals surface area (Å²) in [7, 11) is 0. The molecule has 0 saturated carbocycles. The normalized spacial score (nSPS) is 15.2. The number of non-ortho nitro benzene ring substituents is 1. The molecule has 0 saturated heterocycles. The monoisotopic (exact) mass is 505 g/mol. The zero-order valence-corrected chi connectivity index (χ0v) is 20.5. The van der Waals surface area contributed by atoms with E-state index in [1.807, 2.05) is 0 Å². The van der Waals surface area contributed by atoms with Crippen molar-refractivity contribution >= 4 is 29.1 Å². The van der Waals surface area contributed by atoms with Crippen molar-refractivity contribution in [2.24, 2.45) is 4.99 Å². The van der Waals surface area contributed by atoms with Crippen molar-refractivity contribution in [3.8, 4) is 5.75 Å². The molecular formula is C26H23N3O6S. The van der Waals surface area contributed by atoms with Gasteiger partial charge in [-0.1, -0.05) is 48.3 Å². The SMILES string of the molecule is C=CCOc1ccc([C@@H]2C(C(=O)OCC)=C(C)N=c3s/c(=C\c4cccc([N+](=O)[O-])c4)c(=O)n32)cc1. The summed E-state index contributed by atoms with van der Waals surface area (Å²) < 4.78 is 12.7. The largest absolute Gasteiger partial charge is 0.490 e. The van der Waals surface area contributed by atoms with Crippen LogP contribution >= 0.6 is 11.3 Å². The van der Waals surface area contributed by atoms with Gasteiger partial charge in [0.1, 0.15) is 12.4 Å². The number of benzene rings is 2. The van der Waals surface area contributed by atoms with Gasteiger partial charge in [-0.25, -0.2) is 9.79 Å². The first-order valence-electron chi connectivity index (χ1n) is 11.1. The Balaban J connectivity index is 1.88. The number of fused-ring (bicyclic) bond motifs is 1. The van der Waals surface area contributed by atoms with Gasteiger partial charge in [-0.3, -0.25) is 19.5 Å². The van der Waals surface area contributed by atoms with Crippen molar-refractivity contribution < 1.29 is 19.2 Å². The second kappa shape index (κ2) is 10.5. The Bertz CT molecular complexity index is 1550. The number of nitro groups is 1. The summed E-state index contributed by atoms with van der Waals surface area (Å²) in [5.74, 6) is 0.0683. The van der Waals surface area contributed by atoms with E-state index >= 15 is 0 Å². The van der Waals surface area contributed by atoms with E-state index in [1.165, 1.54) is 16.7 Å². The first kappa shape index (κ1) is 24.8. The van der Waals surface area contributed by atoms with Crippen LogP contribution in [-0.4, -0.2) is 28.7 Å². The van der Waals surface area contributed by atoms with E-state index in [-0.39, 0.29) is 23.4 Å². The molecule has 4 rings (SSSR count). The minimum atomic E-state index is -0.763. The molecule has 1 aliphatic heterocycles. The van der Waals surface area contributed by atoms with Gasteiger partial charge in [0.25, 0.3) is 11.2 Å². The third kappa shape index (κ3) is 4.89. The zero-order valence-electron chi connectivity index (χ0n) is 19.7. The Hall–Kier alpha value is -4.31. The molecule has 0 bridgehead atoms. The average molecular weight is 506 g/mol. The minimum Gasteiger partial charge on any atom is -0.490 e. The number of hydrogen-bond acceptors (Lipinski definition) is 8. The molecule has 184 valence electrons. The third-order valence-corrected chi connectivity index (χ3v) is 6.44. The number of carbonyl (C=O) groups is 1. The molecule has 0 unspecified atom stereocenters. The summed E-state index contributed by atoms with van der Waals surface area (Å²) in [5, 5.41) is 11.2. The second-order valence-corrected chi connectivity index (χ2v) is 8.83. The van der Waals surface area contributed by atoms with Crippen LogP contribution in [0.15, 0.2) is 82.2 Å². The summed E-state index contributed by atoms with van der Waals surface area (Å²) in [6, 6.07) is 12.4. The standard InChI is InChI=1S/C26H23N3O6S/c1-4-13-35-20-11-9-18(10-12-20)23-22(25(31)34-5-2)16(3)27-26-28(23)24(30)21(36-26)15-17-7-6-8-19(14-17)29(32)33/h4,6-12,14-15,23H,1,5,13H2,2-3H3/b21-15-/t23-/m1/s1. The van der Waals surface area contributed by atoms with Crippen LogP contribution in [0.3, 0.4) is 0 Å². The first-order chi connectivity index (χ1) is 17.3. The van der Waals surface area contributed by atoms with E-state index in [4.69, 9.17) is 9.47 Å². The molecule has 0 radical (unpaired) electrons. The fraction of sp³-hybridized carbons (Fsp3) is 0.192. The van der Waals surface area contributed by atoms with Gasteiger partial charge in [-0.15, -0.1) is 0 Å². The van der Waals surface area contributed by atoms with Gasteiger partial charge in [0.15, 0.2) is 4.80 Å². The van der Waals surface area contributed by atoms with E-state index in [2.05, 4.69) is 11.6 Å². The van der Waals surface area contributed by atoms with E-state index < -0.39 is 16.9 Å². The zero-order chi connectivity index (χ0) is 25.8. The Morgan fingerprint density at radius 2 is 2.03 bits per heavy atom. The summed E-state index contributed by atoms with van der Waals surface area (Å²) in [6.07, 6.45) is 3.22. The number of allylic oxidation sites excluding steroid dienone is 1. The van der Waals surface area contributed by atoms with Gasteiger partial charge >= 0.3 is 5.97 Å². The quantitative estimate of drug-likeness (QED) is 0.201. The molecule has 0 spiro atoms. The molecule has 0 amide bonds. The number of ether oxygens (including phenoxy) is 2. The second-order valence-electron chi connectivity index (χ2n) is 7.82. The van der Waals surface area contributed by atoms with Crippen molar-refractivity contribution in [3.05, 3.63) is 113 Å². The Labute approximate surface area is 210 Å². The molecule has 1 aliphatic rings. The fourth-order valence-electron chi connectivity index (χ4n) is 3.89. The highest BCUT2D eigenvalue weighted by Crippen LogP contribution is 2.31. The highest BCUT2D eigenvalue weighted by atomic mass is 32.1. The number of esters is 1. The molecule has 0 fully saturated rings. The number of rotatable bonds is 8. The predicted octanol–water partition coefficient (Wildman–Crippen LogP) is 3.27. The lowest BCUT2D eigenvalue weighted by Crippen LogP contribution is -2.39. The average Bonchev–Trinajstić information content (AvgIpc) is 3.16. The lowest BCUT2D eigenvalue weighted by atomic mass is 9.96. The van der Waals surface area contributed by atoms with Gasteiger partial charge in [-0.2, -0.15) is 0 Å². The van der Waals surface area contributed by atoms with Gasteiger partial charge in [0.05, 0.1) is 33.4 Å². The maximum absolute atomic E-state index is 13.6. The van der Waals surface area contributed by atoms with Crippen LogP contribution in [0, 0.1) is 10.1 Å². The third-order valence-electron chi connectivity index (χ3n) is 5.46. The topological polar surface area (TPSA) is 113 Å². The van der Waals surface area contributed by atoms with E-state index in [0.717, 1.165) is 11.3 Å². The van der Waals surface area contributed by atoms with Crippen LogP contribution in [0.4, 0.5) is 5.69 Å². The lowest BCUT2D eigenvalue weighted by molar-refractivity contribution is -0.384. The summed E-state index contributed by atoms with van der Waals surface area (Å²) >= 11 is 1.15. The van der Waals surface area contributed by atoms with Crippen LogP contribution in [-0.2, 0) is 9.53 Å². The number of carbonyl (C=O) groups excluding carboxylic acids is 1. The number of aromatic nitrogens is 1. The number of nitrogens with zero attached hydrogens (tertiary/aromatic N) is 3. The molecule has 2 heterocycles. The van der Waals surface area contributed by atoms with Crippen molar-refractivity contribution in [1.29, 1.82) is 0 Å². The highest BCUT2D eigenvalue weighted by Gasteiger charge is 2.33. The maximum Gasteiger partial charge on any atom is 0.338 e. The van der Waals surface area contributed by atoms with Crippen LogP contribution in [0.25, 0.3) is 6.08 Å². The molecule has 1 aromatic heterocycles. The van der Waals surface area contributed by atoms with E-state index in [9.17, 15) is 19.7 Å². The molecule has 2 aromatic carbocycles. The van der Waals surface area contributed by atoms with Gasteiger partial charge in [0, 0.05) is 12.1 Å². The molecule has 0 aliphatic carbocycles. The van der Waals surface area contributed by atoms with Crippen molar-refractivity contribution in [2.45, 2.75) is 19.9 Å². The van der Waals surface area contributed by atoms with Crippen LogP contribution in [0.1, 0.15) is 31.0 Å². The summed E-state index contributed by atoms with van der Waals surface area (Å²) in [4.78, 5) is 42.2. The lowest BCUT2D eigenvalue weighted by Gasteiger charge is -2.24. The Morgan fingerprint density at radius 1 is 1.28 bits per heavy atom. The minimum absolute atomic E-state index is 0.0754. The molecule has 0 N–H and O–H groups in total. The van der Waals surface area contributed by atoms with Crippen LogP contribution < -0.4 is 19.6 Å². The predicted molar refractivity (Wildman–Crippen MR) is 136 cm³/mol. The Kier molecular flexibility index (Phi) is 7.25. The van der Waals surface area contributed by atoms with Crippen molar-refractivity contribution in [2.75, 3.05) is 13.2 Å². The molecule has 1 atom stereocenters. The Morgan fingerprint density at radius 3 is 2.69 bits per heavy atom. The van der Waals surface area contributed by atoms with Crippen molar-refractivity contribution in [3.63, 3.8) is 0 Å². The summed E-state index contributed by atoms with van der Waals surface area (Å²) in [5.41, 5.74) is 1.47. The van der Waals surface area contributed by atoms with E-state index in [0.29, 0.717) is 38.5 Å². The smallest absolute Gasteiger partial charge is 0.338 e. The number of hydrogen-bond donors (Lipinski definition) is 0. The van der Waals surface area contributed by atoms with E-state index in [1.54, 1.807) is 62.4 Å². The molecule has 10 heteroatoms. The highest BCUT2D eigenvalue weighted by molar-refractivity contribution is 7.07. The number of thiazole rings is 1. The van der Waals surface area contributed by atoms with Crippen LogP contribution in [0.5, 0.6) is 5.75 Å². The van der Waals surface area contributed by atoms with Gasteiger partial charge in [0.2, 0.25) is 0 Å². The molecule has 9 nitrogen and oxygen atoms in total. The number of nitro benzene ring substituents is 1. The molecular weight excluding hydrogens is 482 g/mol. The van der Waals surface area contributed by atoms with Crippen LogP contribution in [0.2, 0.25) is 0 Å².